The highest BCUT2D eigenvalue weighted by molar-refractivity contribution is 5.37. The molecule has 4 nitrogen and oxygen atoms in total. The fourth-order valence-electron chi connectivity index (χ4n) is 0.833. The molecule has 0 aliphatic rings. The van der Waals surface area contributed by atoms with Crippen LogP contribution in [0.3, 0.4) is 0 Å². The van der Waals surface area contributed by atoms with Crippen molar-refractivity contribution in [2.24, 2.45) is 0 Å². The molecule has 0 aliphatic heterocycles. The lowest BCUT2D eigenvalue weighted by Crippen LogP contribution is -1.94. The molecule has 0 saturated heterocycles. The van der Waals surface area contributed by atoms with Crippen molar-refractivity contribution in [3.63, 3.8) is 0 Å². The Labute approximate surface area is 76.0 Å². The van der Waals surface area contributed by atoms with Crippen molar-refractivity contribution in [1.29, 1.82) is 0 Å². The Balaban J connectivity index is 2.53. The molecular formula is C9H10O4. The molecule has 0 aliphatic carbocycles. The van der Waals surface area contributed by atoms with Crippen LogP contribution in [-0.2, 0) is 9.68 Å². The lowest BCUT2D eigenvalue weighted by molar-refractivity contribution is -0.196. The van der Waals surface area contributed by atoms with E-state index in [1.165, 1.54) is 0 Å². The van der Waals surface area contributed by atoms with Crippen LogP contribution in [0.5, 0.6) is 11.5 Å². The topological polar surface area (TPSA) is 44.8 Å². The molecule has 0 atom stereocenters. The maximum absolute atomic E-state index is 9.78. The van der Waals surface area contributed by atoms with Crippen LogP contribution in [0.25, 0.3) is 0 Å². The van der Waals surface area contributed by atoms with Gasteiger partial charge >= 0.3 is 6.47 Å². The minimum Gasteiger partial charge on any atom is -0.494 e. The average molecular weight is 182 g/mol. The lowest BCUT2D eigenvalue weighted by Gasteiger charge is -2.03. The molecule has 1 aromatic carbocycles. The molecule has 0 saturated carbocycles. The van der Waals surface area contributed by atoms with E-state index in [1.807, 2.05) is 6.92 Å². The monoisotopic (exact) mass is 182 g/mol. The molecule has 4 heteroatoms. The fourth-order valence-corrected chi connectivity index (χ4v) is 0.833. The maximum atomic E-state index is 9.78. The van der Waals surface area contributed by atoms with Gasteiger partial charge in [0.15, 0.2) is 5.75 Å². The summed E-state index contributed by atoms with van der Waals surface area (Å²) >= 11 is 0. The van der Waals surface area contributed by atoms with Crippen molar-refractivity contribution in [3.05, 3.63) is 24.3 Å². The molecule has 0 heterocycles. The summed E-state index contributed by atoms with van der Waals surface area (Å²) in [4.78, 5) is 18.4. The SMILES string of the molecule is CCOc1ccc(OOC=O)cc1. The number of ether oxygens (including phenoxy) is 1. The highest BCUT2D eigenvalue weighted by Gasteiger charge is 1.95. The number of hydrogen-bond acceptors (Lipinski definition) is 4. The van der Waals surface area contributed by atoms with Crippen molar-refractivity contribution in [2.75, 3.05) is 6.61 Å². The Morgan fingerprint density at radius 2 is 1.85 bits per heavy atom. The average Bonchev–Trinajstić information content (AvgIpc) is 2.17. The molecule has 0 fully saturated rings. The standard InChI is InChI=1S/C9H10O4/c1-2-11-8-3-5-9(6-4-8)13-12-7-10/h3-7H,2H2,1H3. The van der Waals surface area contributed by atoms with Gasteiger partial charge in [-0.1, -0.05) is 0 Å². The van der Waals surface area contributed by atoms with Gasteiger partial charge in [-0.3, -0.25) is 14.6 Å². The van der Waals surface area contributed by atoms with Crippen LogP contribution < -0.4 is 9.62 Å². The zero-order chi connectivity index (χ0) is 9.52. The summed E-state index contributed by atoms with van der Waals surface area (Å²) in [6, 6.07) is 6.75. The molecule has 0 radical (unpaired) electrons. The Morgan fingerprint density at radius 3 is 2.38 bits per heavy atom. The van der Waals surface area contributed by atoms with Gasteiger partial charge in [0.25, 0.3) is 0 Å². The lowest BCUT2D eigenvalue weighted by atomic mass is 10.3. The summed E-state index contributed by atoms with van der Waals surface area (Å²) in [5.74, 6) is 1.21. The van der Waals surface area contributed by atoms with Crippen LogP contribution in [0.1, 0.15) is 6.92 Å². The minimum absolute atomic E-state index is 0.219. The predicted molar refractivity (Wildman–Crippen MR) is 45.4 cm³/mol. The maximum Gasteiger partial charge on any atom is 0.343 e. The second kappa shape index (κ2) is 5.03. The van der Waals surface area contributed by atoms with Gasteiger partial charge in [0.2, 0.25) is 0 Å². The molecule has 0 unspecified atom stereocenters. The Bertz CT molecular complexity index is 255. The van der Waals surface area contributed by atoms with Crippen LogP contribution in [0.2, 0.25) is 0 Å². The first-order chi connectivity index (χ1) is 6.36. The summed E-state index contributed by atoms with van der Waals surface area (Å²) in [6.07, 6.45) is 0. The second-order valence-corrected chi connectivity index (χ2v) is 2.18. The second-order valence-electron chi connectivity index (χ2n) is 2.18. The van der Waals surface area contributed by atoms with E-state index in [9.17, 15) is 4.79 Å². The number of hydrogen-bond donors (Lipinski definition) is 0. The molecule has 0 bridgehead atoms. The van der Waals surface area contributed by atoms with Crippen LogP contribution >= 0.6 is 0 Å². The van der Waals surface area contributed by atoms with E-state index in [-0.39, 0.29) is 6.47 Å². The van der Waals surface area contributed by atoms with E-state index < -0.39 is 0 Å². The normalized spacial score (nSPS) is 9.00. The van der Waals surface area contributed by atoms with Gasteiger partial charge in [-0.2, -0.15) is 0 Å². The van der Waals surface area contributed by atoms with E-state index in [2.05, 4.69) is 9.78 Å². The van der Waals surface area contributed by atoms with E-state index in [4.69, 9.17) is 4.74 Å². The number of carbonyl (C=O) groups is 1. The third-order valence-corrected chi connectivity index (χ3v) is 1.32. The van der Waals surface area contributed by atoms with Gasteiger partial charge in [-0.25, -0.2) is 0 Å². The van der Waals surface area contributed by atoms with Gasteiger partial charge in [0.1, 0.15) is 5.75 Å². The Hall–Kier alpha value is -1.71. The molecule has 0 aromatic heterocycles. The van der Waals surface area contributed by atoms with Crippen molar-refractivity contribution in [2.45, 2.75) is 6.92 Å². The summed E-state index contributed by atoms with van der Waals surface area (Å²) < 4.78 is 5.20. The number of benzene rings is 1. The van der Waals surface area contributed by atoms with Crippen molar-refractivity contribution in [3.8, 4) is 11.5 Å². The number of rotatable bonds is 5. The quantitative estimate of drug-likeness (QED) is 0.393. The molecule has 0 N–H and O–H groups in total. The molecule has 0 amide bonds. The minimum atomic E-state index is 0.219. The third-order valence-electron chi connectivity index (χ3n) is 1.32. The first-order valence-corrected chi connectivity index (χ1v) is 3.86. The van der Waals surface area contributed by atoms with Gasteiger partial charge in [0.05, 0.1) is 6.61 Å². The highest BCUT2D eigenvalue weighted by atomic mass is 17.2. The summed E-state index contributed by atoms with van der Waals surface area (Å²) in [6.45, 7) is 2.74. The van der Waals surface area contributed by atoms with E-state index in [0.29, 0.717) is 12.4 Å². The first kappa shape index (κ1) is 9.38. The summed E-state index contributed by atoms with van der Waals surface area (Å²) in [5, 5.41) is 0. The largest absolute Gasteiger partial charge is 0.494 e. The van der Waals surface area contributed by atoms with Crippen LogP contribution in [0.4, 0.5) is 0 Å². The molecule has 13 heavy (non-hydrogen) atoms. The Morgan fingerprint density at radius 1 is 1.23 bits per heavy atom. The number of carbonyl (C=O) groups excluding carboxylic acids is 1. The first-order valence-electron chi connectivity index (χ1n) is 3.86. The van der Waals surface area contributed by atoms with Crippen molar-refractivity contribution in [1.82, 2.24) is 0 Å². The van der Waals surface area contributed by atoms with Gasteiger partial charge < -0.3 is 4.74 Å². The van der Waals surface area contributed by atoms with E-state index >= 15 is 0 Å². The fraction of sp³-hybridized carbons (Fsp3) is 0.222. The zero-order valence-electron chi connectivity index (χ0n) is 7.23. The van der Waals surface area contributed by atoms with Crippen LogP contribution in [0, 0.1) is 0 Å². The zero-order valence-corrected chi connectivity index (χ0v) is 7.23. The van der Waals surface area contributed by atoms with Gasteiger partial charge in [-0.15, -0.1) is 0 Å². The molecule has 70 valence electrons. The summed E-state index contributed by atoms with van der Waals surface area (Å²) in [5.41, 5.74) is 0. The van der Waals surface area contributed by atoms with Gasteiger partial charge in [0, 0.05) is 0 Å². The smallest absolute Gasteiger partial charge is 0.343 e. The molecule has 1 rings (SSSR count). The Kier molecular flexibility index (Phi) is 3.63. The van der Waals surface area contributed by atoms with Crippen molar-refractivity contribution >= 4 is 6.47 Å². The van der Waals surface area contributed by atoms with Crippen LogP contribution in [0.15, 0.2) is 24.3 Å². The molecule has 0 spiro atoms. The van der Waals surface area contributed by atoms with Crippen molar-refractivity contribution < 1.29 is 19.3 Å². The molecule has 1 aromatic rings. The van der Waals surface area contributed by atoms with E-state index in [0.717, 1.165) is 5.75 Å². The molecular weight excluding hydrogens is 172 g/mol. The van der Waals surface area contributed by atoms with E-state index in [1.54, 1.807) is 24.3 Å². The highest BCUT2D eigenvalue weighted by Crippen LogP contribution is 2.17. The predicted octanol–water partition coefficient (Wildman–Crippen LogP) is 1.55. The van der Waals surface area contributed by atoms with Crippen LogP contribution in [-0.4, -0.2) is 13.1 Å². The summed E-state index contributed by atoms with van der Waals surface area (Å²) in [7, 11) is 0. The van der Waals surface area contributed by atoms with Gasteiger partial charge in [-0.05, 0) is 31.2 Å². The third kappa shape index (κ3) is 3.02.